The highest BCUT2D eigenvalue weighted by molar-refractivity contribution is 6.20. The highest BCUT2D eigenvalue weighted by Gasteiger charge is 2.63. The van der Waals surface area contributed by atoms with Gasteiger partial charge in [-0.1, -0.05) is 5.16 Å². The van der Waals surface area contributed by atoms with Crippen LogP contribution < -0.4 is 20.4 Å². The molecule has 4 aliphatic rings. The third-order valence-corrected chi connectivity index (χ3v) is 7.60. The fraction of sp³-hybridized carbons (Fsp3) is 0.522. The number of hydrogen-bond donors (Lipinski definition) is 3. The molecular weight excluding hydrogens is 493 g/mol. The van der Waals surface area contributed by atoms with Gasteiger partial charge in [-0.2, -0.15) is 0 Å². The number of imide groups is 2. The molecule has 5 amide bonds. The summed E-state index contributed by atoms with van der Waals surface area (Å²) in [7, 11) is 0. The van der Waals surface area contributed by atoms with Crippen LogP contribution in [-0.2, 0) is 25.5 Å². The van der Waals surface area contributed by atoms with Gasteiger partial charge in [0.05, 0.1) is 35.4 Å². The van der Waals surface area contributed by atoms with E-state index >= 15 is 4.39 Å². The lowest BCUT2D eigenvalue weighted by molar-refractivity contribution is -0.153. The molecule has 4 aliphatic heterocycles. The van der Waals surface area contributed by atoms with E-state index in [1.807, 2.05) is 0 Å². The van der Waals surface area contributed by atoms with Crippen molar-refractivity contribution in [2.45, 2.75) is 51.0 Å². The molecule has 4 unspecified atom stereocenters. The molecule has 3 fully saturated rings. The minimum absolute atomic E-state index is 0.00487. The molecular formula is C23H24FN5O8. The van der Waals surface area contributed by atoms with Crippen molar-refractivity contribution in [1.82, 2.24) is 15.8 Å². The van der Waals surface area contributed by atoms with E-state index < -0.39 is 53.4 Å². The maximum Gasteiger partial charge on any atom is 0.416 e. The molecule has 0 aliphatic carbocycles. The SMILES string of the molecule is CC1CN2c3c(cc4c(N5C(=O)OCC5CCO)noc4c3F)CC3(C(=O)NC(=O)NC3=O)C2C(C)O1. The van der Waals surface area contributed by atoms with Gasteiger partial charge in [0.15, 0.2) is 17.1 Å². The van der Waals surface area contributed by atoms with Gasteiger partial charge in [0.25, 0.3) is 0 Å². The first kappa shape index (κ1) is 23.6. The number of barbiturate groups is 1. The van der Waals surface area contributed by atoms with Crippen molar-refractivity contribution in [3.63, 3.8) is 0 Å². The van der Waals surface area contributed by atoms with Crippen molar-refractivity contribution in [1.29, 1.82) is 0 Å². The topological polar surface area (TPSA) is 164 Å². The van der Waals surface area contributed by atoms with Crippen LogP contribution in [0.1, 0.15) is 25.8 Å². The summed E-state index contributed by atoms with van der Waals surface area (Å²) in [4.78, 5) is 53.8. The number of aliphatic hydroxyl groups excluding tert-OH is 1. The summed E-state index contributed by atoms with van der Waals surface area (Å²) in [6, 6.07) is -0.842. The van der Waals surface area contributed by atoms with Crippen molar-refractivity contribution < 1.29 is 42.7 Å². The van der Waals surface area contributed by atoms with Gasteiger partial charge in [-0.15, -0.1) is 0 Å². The largest absolute Gasteiger partial charge is 0.447 e. The molecule has 0 radical (unpaired) electrons. The number of halogens is 1. The van der Waals surface area contributed by atoms with Crippen LogP contribution in [0, 0.1) is 11.2 Å². The van der Waals surface area contributed by atoms with Crippen LogP contribution in [0.5, 0.6) is 0 Å². The number of nitrogens with zero attached hydrogens (tertiary/aromatic N) is 3. The number of rotatable bonds is 3. The highest BCUT2D eigenvalue weighted by Crippen LogP contribution is 2.50. The fourth-order valence-electron chi connectivity index (χ4n) is 6.19. The molecule has 13 nitrogen and oxygen atoms in total. The first-order valence-corrected chi connectivity index (χ1v) is 11.9. The zero-order valence-corrected chi connectivity index (χ0v) is 19.9. The molecule has 196 valence electrons. The van der Waals surface area contributed by atoms with Crippen molar-refractivity contribution in [2.24, 2.45) is 5.41 Å². The normalized spacial score (nSPS) is 28.8. The van der Waals surface area contributed by atoms with Gasteiger partial charge in [-0.3, -0.25) is 25.1 Å². The number of anilines is 2. The molecule has 1 spiro atoms. The summed E-state index contributed by atoms with van der Waals surface area (Å²) >= 11 is 0. The number of ether oxygens (including phenoxy) is 2. The van der Waals surface area contributed by atoms with E-state index in [1.54, 1.807) is 24.8 Å². The lowest BCUT2D eigenvalue weighted by Crippen LogP contribution is -2.75. The molecule has 1 aromatic carbocycles. The Morgan fingerprint density at radius 1 is 1.22 bits per heavy atom. The van der Waals surface area contributed by atoms with Crippen molar-refractivity contribution in [3.05, 3.63) is 17.4 Å². The second-order valence-electron chi connectivity index (χ2n) is 9.83. The van der Waals surface area contributed by atoms with Crippen LogP contribution >= 0.6 is 0 Å². The number of urea groups is 1. The first-order chi connectivity index (χ1) is 17.7. The van der Waals surface area contributed by atoms with Crippen LogP contribution in [-0.4, -0.2) is 78.3 Å². The Morgan fingerprint density at radius 3 is 2.65 bits per heavy atom. The van der Waals surface area contributed by atoms with Crippen LogP contribution in [0.25, 0.3) is 11.0 Å². The molecule has 4 atom stereocenters. The third-order valence-electron chi connectivity index (χ3n) is 7.60. The van der Waals surface area contributed by atoms with Gasteiger partial charge in [0.1, 0.15) is 6.61 Å². The third kappa shape index (κ3) is 3.18. The van der Waals surface area contributed by atoms with E-state index in [9.17, 15) is 24.3 Å². The monoisotopic (exact) mass is 517 g/mol. The van der Waals surface area contributed by atoms with E-state index in [4.69, 9.17) is 14.0 Å². The lowest BCUT2D eigenvalue weighted by Gasteiger charge is -2.55. The molecule has 2 aromatic rings. The Balaban J connectivity index is 1.55. The van der Waals surface area contributed by atoms with E-state index in [0.717, 1.165) is 0 Å². The summed E-state index contributed by atoms with van der Waals surface area (Å²) in [5, 5.41) is 17.9. The molecule has 14 heteroatoms. The standard InChI is InChI=1S/C23H24FN5O8/c1-9-7-28-15-11(6-23(17(28)10(2)36-9)19(31)25-21(33)26-20(23)32)5-13-16(14(15)24)37-27-18(13)29-12(3-4-30)8-35-22(29)34/h5,9-10,12,17,30H,3-4,6-8H2,1-2H3,(H2,25,26,31,32,33). The predicted molar refractivity (Wildman–Crippen MR) is 122 cm³/mol. The van der Waals surface area contributed by atoms with Crippen LogP contribution in [0.4, 0.5) is 25.5 Å². The number of amides is 5. The first-order valence-electron chi connectivity index (χ1n) is 11.9. The number of benzene rings is 1. The molecule has 0 saturated carbocycles. The number of fused-ring (bicyclic) bond motifs is 5. The van der Waals surface area contributed by atoms with Gasteiger partial charge >= 0.3 is 12.1 Å². The molecule has 3 N–H and O–H groups in total. The Bertz CT molecular complexity index is 1340. The average Bonchev–Trinajstić information content (AvgIpc) is 3.40. The Kier molecular flexibility index (Phi) is 5.18. The maximum absolute atomic E-state index is 16.2. The number of hydrogen-bond acceptors (Lipinski definition) is 10. The molecule has 37 heavy (non-hydrogen) atoms. The number of cyclic esters (lactones) is 1. The van der Waals surface area contributed by atoms with Crippen LogP contribution in [0.3, 0.4) is 0 Å². The predicted octanol–water partition coefficient (Wildman–Crippen LogP) is 0.565. The lowest BCUT2D eigenvalue weighted by atomic mass is 9.66. The van der Waals surface area contributed by atoms with E-state index in [1.165, 1.54) is 4.90 Å². The number of morpholine rings is 1. The summed E-state index contributed by atoms with van der Waals surface area (Å²) in [6.07, 6.45) is -1.77. The van der Waals surface area contributed by atoms with E-state index in [-0.39, 0.29) is 61.2 Å². The average molecular weight is 517 g/mol. The maximum atomic E-state index is 16.2. The zero-order valence-electron chi connectivity index (χ0n) is 19.9. The molecule has 1 aromatic heterocycles. The van der Waals surface area contributed by atoms with E-state index in [2.05, 4.69) is 15.8 Å². The Hall–Kier alpha value is -3.78. The van der Waals surface area contributed by atoms with Gasteiger partial charge in [-0.05, 0) is 31.9 Å². The number of carbonyl (C=O) groups is 4. The van der Waals surface area contributed by atoms with Gasteiger partial charge in [0, 0.05) is 19.6 Å². The van der Waals surface area contributed by atoms with Crippen LogP contribution in [0.15, 0.2) is 10.6 Å². The Morgan fingerprint density at radius 2 is 1.95 bits per heavy atom. The molecule has 5 heterocycles. The van der Waals surface area contributed by atoms with E-state index in [0.29, 0.717) is 5.56 Å². The summed E-state index contributed by atoms with van der Waals surface area (Å²) in [5.74, 6) is -2.36. The van der Waals surface area contributed by atoms with Gasteiger partial charge in [-0.25, -0.2) is 14.0 Å². The minimum atomic E-state index is -1.79. The second kappa shape index (κ2) is 8.11. The van der Waals surface area contributed by atoms with Crippen molar-refractivity contribution in [3.8, 4) is 0 Å². The fourth-order valence-corrected chi connectivity index (χ4v) is 6.19. The molecule has 6 rings (SSSR count). The van der Waals surface area contributed by atoms with Crippen molar-refractivity contribution >= 4 is 46.4 Å². The van der Waals surface area contributed by atoms with Gasteiger partial charge in [0.2, 0.25) is 17.4 Å². The second-order valence-corrected chi connectivity index (χ2v) is 9.83. The summed E-state index contributed by atoms with van der Waals surface area (Å²) in [6.45, 7) is 3.46. The summed E-state index contributed by atoms with van der Waals surface area (Å²) < 4.78 is 32.6. The molecule has 0 bridgehead atoms. The smallest absolute Gasteiger partial charge is 0.416 e. The number of nitrogens with one attached hydrogen (secondary N) is 2. The van der Waals surface area contributed by atoms with Gasteiger partial charge < -0.3 is 24.0 Å². The Labute approximate surface area is 208 Å². The molecule has 3 saturated heterocycles. The van der Waals surface area contributed by atoms with Crippen LogP contribution in [0.2, 0.25) is 0 Å². The van der Waals surface area contributed by atoms with Crippen molar-refractivity contribution in [2.75, 3.05) is 29.6 Å². The quantitative estimate of drug-likeness (QED) is 0.490. The minimum Gasteiger partial charge on any atom is -0.447 e. The number of aromatic nitrogens is 1. The number of aliphatic hydroxyl groups is 1. The summed E-state index contributed by atoms with van der Waals surface area (Å²) in [5.41, 5.74) is -1.55. The zero-order chi connectivity index (χ0) is 26.2. The highest BCUT2D eigenvalue weighted by atomic mass is 19.1. The number of carbonyl (C=O) groups excluding carboxylic acids is 4.